The van der Waals surface area contributed by atoms with Gasteiger partial charge in [0.1, 0.15) is 5.54 Å². The average Bonchev–Trinajstić information content (AvgIpc) is 2.39. The van der Waals surface area contributed by atoms with Gasteiger partial charge in [0.25, 0.3) is 0 Å². The molecule has 1 N–H and O–H groups in total. The van der Waals surface area contributed by atoms with Gasteiger partial charge in [0.2, 0.25) is 0 Å². The van der Waals surface area contributed by atoms with E-state index in [1.807, 2.05) is 6.92 Å². The lowest BCUT2D eigenvalue weighted by molar-refractivity contribution is -0.147. The molecule has 0 bridgehead atoms. The molecule has 0 saturated heterocycles. The predicted molar refractivity (Wildman–Crippen MR) is 78.7 cm³/mol. The van der Waals surface area contributed by atoms with E-state index in [9.17, 15) is 14.7 Å². The van der Waals surface area contributed by atoms with E-state index in [4.69, 9.17) is 0 Å². The zero-order valence-corrected chi connectivity index (χ0v) is 13.3. The van der Waals surface area contributed by atoms with Crippen LogP contribution in [0.2, 0.25) is 0 Å². The normalized spacial score (nSPS) is 23.2. The summed E-state index contributed by atoms with van der Waals surface area (Å²) in [4.78, 5) is 27.1. The fourth-order valence-electron chi connectivity index (χ4n) is 2.86. The molecule has 20 heavy (non-hydrogen) atoms. The van der Waals surface area contributed by atoms with E-state index in [2.05, 4.69) is 6.92 Å². The van der Waals surface area contributed by atoms with E-state index in [0.29, 0.717) is 6.54 Å². The van der Waals surface area contributed by atoms with Crippen LogP contribution in [-0.2, 0) is 4.79 Å². The molecular weight excluding hydrogens is 256 g/mol. The molecule has 0 aromatic heterocycles. The second kappa shape index (κ2) is 6.46. The summed E-state index contributed by atoms with van der Waals surface area (Å²) in [5.41, 5.74) is -1.18. The van der Waals surface area contributed by atoms with Crippen molar-refractivity contribution in [3.8, 4) is 0 Å². The molecule has 1 aliphatic rings. The summed E-state index contributed by atoms with van der Waals surface area (Å²) in [5.74, 6) is -0.245. The van der Waals surface area contributed by atoms with E-state index >= 15 is 0 Å². The minimum Gasteiger partial charge on any atom is -0.480 e. The number of rotatable bonds is 4. The van der Waals surface area contributed by atoms with Crippen molar-refractivity contribution >= 4 is 12.0 Å². The number of hydrogen-bond acceptors (Lipinski definition) is 2. The quantitative estimate of drug-likeness (QED) is 0.863. The Morgan fingerprint density at radius 2 is 1.70 bits per heavy atom. The monoisotopic (exact) mass is 284 g/mol. The third-order valence-electron chi connectivity index (χ3n) is 4.58. The van der Waals surface area contributed by atoms with Crippen LogP contribution in [0.5, 0.6) is 0 Å². The minimum atomic E-state index is -1.18. The Labute approximate surface area is 121 Å². The highest BCUT2D eigenvalue weighted by atomic mass is 16.4. The third-order valence-corrected chi connectivity index (χ3v) is 4.58. The smallest absolute Gasteiger partial charge is 0.329 e. The third kappa shape index (κ3) is 3.44. The molecule has 0 unspecified atom stereocenters. The molecule has 5 heteroatoms. The van der Waals surface area contributed by atoms with Gasteiger partial charge in [-0.25, -0.2) is 9.59 Å². The standard InChI is InChI=1S/C15H28N2O3/c1-6-17(15(3,4)13(18)19)14(20)16(5)12-9-7-11(2)8-10-12/h11-12H,6-10H2,1-5H3,(H,18,19). The second-order valence-electron chi connectivity index (χ2n) is 6.42. The SMILES string of the molecule is CCN(C(=O)N(C)C1CCC(C)CC1)C(C)(C)C(=O)O. The highest BCUT2D eigenvalue weighted by Crippen LogP contribution is 2.28. The zero-order chi connectivity index (χ0) is 15.5. The van der Waals surface area contributed by atoms with E-state index < -0.39 is 11.5 Å². The van der Waals surface area contributed by atoms with E-state index in [1.54, 1.807) is 25.8 Å². The number of likely N-dealkylation sites (N-methyl/N-ethyl adjacent to an activating group) is 1. The summed E-state index contributed by atoms with van der Waals surface area (Å²) in [6.07, 6.45) is 4.29. The van der Waals surface area contributed by atoms with Gasteiger partial charge >= 0.3 is 12.0 Å². The summed E-state index contributed by atoms with van der Waals surface area (Å²) in [5, 5.41) is 9.31. The lowest BCUT2D eigenvalue weighted by atomic mass is 9.87. The zero-order valence-electron chi connectivity index (χ0n) is 13.3. The Hall–Kier alpha value is -1.26. The maximum atomic E-state index is 12.6. The Morgan fingerprint density at radius 1 is 1.20 bits per heavy atom. The summed E-state index contributed by atoms with van der Waals surface area (Å²) < 4.78 is 0. The lowest BCUT2D eigenvalue weighted by Gasteiger charge is -2.41. The van der Waals surface area contributed by atoms with Crippen molar-refractivity contribution in [2.75, 3.05) is 13.6 Å². The van der Waals surface area contributed by atoms with Crippen LogP contribution in [0, 0.1) is 5.92 Å². The number of carbonyl (C=O) groups excluding carboxylic acids is 1. The molecule has 0 aromatic rings. The molecular formula is C15H28N2O3. The lowest BCUT2D eigenvalue weighted by Crippen LogP contribution is -2.58. The first kappa shape index (κ1) is 16.8. The molecule has 1 rings (SSSR count). The summed E-state index contributed by atoms with van der Waals surface area (Å²) >= 11 is 0. The van der Waals surface area contributed by atoms with E-state index in [1.165, 1.54) is 4.90 Å². The molecule has 1 aliphatic carbocycles. The largest absolute Gasteiger partial charge is 0.480 e. The number of hydrogen-bond donors (Lipinski definition) is 1. The molecule has 0 aliphatic heterocycles. The Balaban J connectivity index is 2.78. The van der Waals surface area contributed by atoms with Crippen LogP contribution < -0.4 is 0 Å². The molecule has 1 saturated carbocycles. The fourth-order valence-corrected chi connectivity index (χ4v) is 2.86. The first-order valence-corrected chi connectivity index (χ1v) is 7.49. The van der Waals surface area contributed by atoms with Crippen LogP contribution in [0.4, 0.5) is 4.79 Å². The average molecular weight is 284 g/mol. The van der Waals surface area contributed by atoms with Gasteiger partial charge in [0.05, 0.1) is 0 Å². The molecule has 1 fully saturated rings. The van der Waals surface area contributed by atoms with Crippen molar-refractivity contribution in [2.45, 2.75) is 65.0 Å². The Kier molecular flexibility index (Phi) is 5.42. The summed E-state index contributed by atoms with van der Waals surface area (Å²) in [6.45, 7) is 7.61. The van der Waals surface area contributed by atoms with Crippen LogP contribution in [0.15, 0.2) is 0 Å². The Morgan fingerprint density at radius 3 is 2.10 bits per heavy atom. The summed E-state index contributed by atoms with van der Waals surface area (Å²) in [6, 6.07) is 0.0526. The van der Waals surface area contributed by atoms with Gasteiger partial charge in [-0.15, -0.1) is 0 Å². The van der Waals surface area contributed by atoms with E-state index in [0.717, 1.165) is 31.6 Å². The minimum absolute atomic E-state index is 0.181. The van der Waals surface area contributed by atoms with Gasteiger partial charge in [0, 0.05) is 19.6 Å². The first-order chi connectivity index (χ1) is 9.21. The predicted octanol–water partition coefficient (Wildman–Crippen LogP) is 2.80. The molecule has 0 radical (unpaired) electrons. The van der Waals surface area contributed by atoms with Gasteiger partial charge in [-0.05, 0) is 52.4 Å². The number of carboxylic acids is 1. The molecule has 116 valence electrons. The molecule has 0 atom stereocenters. The van der Waals surface area contributed by atoms with Crippen molar-refractivity contribution in [2.24, 2.45) is 5.92 Å². The van der Waals surface area contributed by atoms with Crippen molar-refractivity contribution in [1.29, 1.82) is 0 Å². The van der Waals surface area contributed by atoms with Crippen LogP contribution in [0.25, 0.3) is 0 Å². The maximum absolute atomic E-state index is 12.6. The maximum Gasteiger partial charge on any atom is 0.329 e. The number of carboxylic acid groups (broad SMARTS) is 1. The summed E-state index contributed by atoms with van der Waals surface area (Å²) in [7, 11) is 1.80. The second-order valence-corrected chi connectivity index (χ2v) is 6.42. The van der Waals surface area contributed by atoms with Crippen LogP contribution in [0.1, 0.15) is 53.4 Å². The number of carbonyl (C=O) groups is 2. The van der Waals surface area contributed by atoms with Crippen molar-refractivity contribution in [1.82, 2.24) is 9.80 Å². The van der Waals surface area contributed by atoms with Crippen molar-refractivity contribution in [3.05, 3.63) is 0 Å². The highest BCUT2D eigenvalue weighted by molar-refractivity contribution is 5.85. The van der Waals surface area contributed by atoms with Crippen LogP contribution in [-0.4, -0.2) is 52.1 Å². The van der Waals surface area contributed by atoms with Gasteiger partial charge < -0.3 is 14.9 Å². The van der Waals surface area contributed by atoms with Crippen LogP contribution >= 0.6 is 0 Å². The van der Waals surface area contributed by atoms with Gasteiger partial charge in [-0.1, -0.05) is 6.92 Å². The fraction of sp³-hybridized carbons (Fsp3) is 0.867. The number of aliphatic carboxylic acids is 1. The Bertz CT molecular complexity index is 360. The van der Waals surface area contributed by atoms with Gasteiger partial charge in [0.15, 0.2) is 0 Å². The van der Waals surface area contributed by atoms with Crippen LogP contribution in [0.3, 0.4) is 0 Å². The highest BCUT2D eigenvalue weighted by Gasteiger charge is 2.39. The molecule has 0 heterocycles. The van der Waals surface area contributed by atoms with E-state index in [-0.39, 0.29) is 12.1 Å². The topological polar surface area (TPSA) is 60.9 Å². The van der Waals surface area contributed by atoms with Crippen molar-refractivity contribution in [3.63, 3.8) is 0 Å². The molecule has 2 amide bonds. The molecule has 0 aromatic carbocycles. The van der Waals surface area contributed by atoms with Crippen molar-refractivity contribution < 1.29 is 14.7 Å². The molecule has 5 nitrogen and oxygen atoms in total. The first-order valence-electron chi connectivity index (χ1n) is 7.49. The van der Waals surface area contributed by atoms with Gasteiger partial charge in [-0.2, -0.15) is 0 Å². The number of nitrogens with zero attached hydrogens (tertiary/aromatic N) is 2. The molecule has 0 spiro atoms. The van der Waals surface area contributed by atoms with Gasteiger partial charge in [-0.3, -0.25) is 0 Å². The number of urea groups is 1. The number of amides is 2.